The highest BCUT2D eigenvalue weighted by atomic mass is 127. The van der Waals surface area contributed by atoms with Gasteiger partial charge < -0.3 is 20.6 Å². The zero-order valence-electron chi connectivity index (χ0n) is 14.7. The first-order valence-electron chi connectivity index (χ1n) is 8.82. The Morgan fingerprint density at radius 3 is 2.84 bits per heavy atom. The molecule has 25 heavy (non-hydrogen) atoms. The van der Waals surface area contributed by atoms with Crippen LogP contribution in [0.2, 0.25) is 0 Å². The summed E-state index contributed by atoms with van der Waals surface area (Å²) in [7, 11) is 0. The predicted octanol–water partition coefficient (Wildman–Crippen LogP) is 2.76. The van der Waals surface area contributed by atoms with Crippen LogP contribution >= 0.6 is 47.1 Å². The van der Waals surface area contributed by atoms with Crippen molar-refractivity contribution in [3.05, 3.63) is 17.5 Å². The molecule has 2 fully saturated rings. The largest absolute Gasteiger partial charge is 0.387 e. The number of anilines is 1. The van der Waals surface area contributed by atoms with Gasteiger partial charge >= 0.3 is 0 Å². The molecule has 0 aliphatic carbocycles. The number of rotatable bonds is 5. The second-order valence-corrected chi connectivity index (χ2v) is 8.61. The van der Waals surface area contributed by atoms with Gasteiger partial charge in [-0.25, -0.2) is 0 Å². The lowest BCUT2D eigenvalue weighted by Gasteiger charge is -2.33. The standard InChI is InChI=1S/C17H28N4OS2.HI/c1-2-18-16(19-12-17(22)7-11-23-13-17)20-14-5-8-21(9-6-14)15-4-3-10-24-15;/h3-4,10,14,22H,2,5-9,11-13H2,1H3,(H2,18,19,20);1H. The van der Waals surface area contributed by atoms with Gasteiger partial charge in [-0.3, -0.25) is 4.99 Å². The van der Waals surface area contributed by atoms with Crippen molar-refractivity contribution in [2.45, 2.75) is 37.8 Å². The summed E-state index contributed by atoms with van der Waals surface area (Å²) in [5.41, 5.74) is -0.616. The Morgan fingerprint density at radius 1 is 1.44 bits per heavy atom. The van der Waals surface area contributed by atoms with E-state index in [4.69, 9.17) is 0 Å². The van der Waals surface area contributed by atoms with Crippen LogP contribution in [0.25, 0.3) is 0 Å². The van der Waals surface area contributed by atoms with E-state index >= 15 is 0 Å². The molecule has 3 N–H and O–H groups in total. The Kier molecular flexibility index (Phi) is 8.63. The number of guanidine groups is 1. The Hall–Kier alpha value is -0.190. The number of halogens is 1. The molecule has 5 nitrogen and oxygen atoms in total. The second-order valence-electron chi connectivity index (χ2n) is 6.58. The SMILES string of the molecule is CCNC(=NCC1(O)CCSC1)NC1CCN(c2cccs2)CC1.I. The molecule has 2 aliphatic heterocycles. The van der Waals surface area contributed by atoms with Crippen molar-refractivity contribution < 1.29 is 5.11 Å². The molecular weight excluding hydrogens is 467 g/mol. The summed E-state index contributed by atoms with van der Waals surface area (Å²) < 4.78 is 0. The van der Waals surface area contributed by atoms with E-state index in [2.05, 4.69) is 45.0 Å². The number of hydrogen-bond acceptors (Lipinski definition) is 5. The van der Waals surface area contributed by atoms with Gasteiger partial charge in [0.2, 0.25) is 0 Å². The number of aliphatic imine (C=N–C) groups is 1. The molecule has 1 atom stereocenters. The Bertz CT molecular complexity index is 527. The first kappa shape index (κ1) is 21.1. The van der Waals surface area contributed by atoms with E-state index in [1.165, 1.54) is 5.00 Å². The molecule has 0 saturated carbocycles. The molecule has 2 aliphatic rings. The van der Waals surface area contributed by atoms with E-state index in [-0.39, 0.29) is 24.0 Å². The molecule has 2 saturated heterocycles. The van der Waals surface area contributed by atoms with Gasteiger partial charge in [0.15, 0.2) is 5.96 Å². The number of thioether (sulfide) groups is 1. The monoisotopic (exact) mass is 496 g/mol. The van der Waals surface area contributed by atoms with Crippen molar-refractivity contribution in [1.82, 2.24) is 10.6 Å². The Morgan fingerprint density at radius 2 is 2.24 bits per heavy atom. The molecule has 3 heterocycles. The summed E-state index contributed by atoms with van der Waals surface area (Å²) in [6.45, 7) is 5.57. The van der Waals surface area contributed by atoms with Crippen molar-refractivity contribution in [3.63, 3.8) is 0 Å². The summed E-state index contributed by atoms with van der Waals surface area (Å²) in [5, 5.41) is 20.9. The smallest absolute Gasteiger partial charge is 0.191 e. The van der Waals surface area contributed by atoms with Gasteiger partial charge in [0.05, 0.1) is 17.1 Å². The number of nitrogens with zero attached hydrogens (tertiary/aromatic N) is 2. The molecule has 142 valence electrons. The average molecular weight is 496 g/mol. The minimum atomic E-state index is -0.616. The van der Waals surface area contributed by atoms with Gasteiger partial charge in [0, 0.05) is 31.4 Å². The summed E-state index contributed by atoms with van der Waals surface area (Å²) in [6.07, 6.45) is 3.07. The van der Waals surface area contributed by atoms with Crippen LogP contribution in [0.1, 0.15) is 26.2 Å². The fraction of sp³-hybridized carbons (Fsp3) is 0.706. The van der Waals surface area contributed by atoms with E-state index in [0.717, 1.165) is 56.4 Å². The van der Waals surface area contributed by atoms with Crippen LogP contribution in [0, 0.1) is 0 Å². The Balaban J connectivity index is 0.00000225. The highest BCUT2D eigenvalue weighted by molar-refractivity contribution is 14.0. The average Bonchev–Trinajstić information content (AvgIpc) is 3.26. The highest BCUT2D eigenvalue weighted by Crippen LogP contribution is 2.28. The summed E-state index contributed by atoms with van der Waals surface area (Å²) >= 11 is 3.63. The molecule has 0 spiro atoms. The lowest BCUT2D eigenvalue weighted by Crippen LogP contribution is -2.49. The molecule has 0 aromatic carbocycles. The van der Waals surface area contributed by atoms with E-state index in [1.807, 2.05) is 23.1 Å². The summed E-state index contributed by atoms with van der Waals surface area (Å²) in [4.78, 5) is 7.11. The summed E-state index contributed by atoms with van der Waals surface area (Å²) in [6, 6.07) is 4.77. The number of aliphatic hydroxyl groups is 1. The number of hydrogen-bond donors (Lipinski definition) is 3. The van der Waals surface area contributed by atoms with E-state index in [9.17, 15) is 5.11 Å². The van der Waals surface area contributed by atoms with Crippen molar-refractivity contribution in [1.29, 1.82) is 0 Å². The van der Waals surface area contributed by atoms with Crippen molar-refractivity contribution >= 4 is 58.0 Å². The molecule has 1 unspecified atom stereocenters. The van der Waals surface area contributed by atoms with Gasteiger partial charge in [-0.2, -0.15) is 11.8 Å². The molecule has 0 amide bonds. The third-order valence-electron chi connectivity index (χ3n) is 4.61. The number of thiophene rings is 1. The van der Waals surface area contributed by atoms with E-state index < -0.39 is 5.60 Å². The summed E-state index contributed by atoms with van der Waals surface area (Å²) in [5.74, 6) is 2.68. The maximum Gasteiger partial charge on any atom is 0.191 e. The minimum absolute atomic E-state index is 0. The fourth-order valence-corrected chi connectivity index (χ4v) is 5.22. The van der Waals surface area contributed by atoms with Crippen LogP contribution in [-0.2, 0) is 0 Å². The van der Waals surface area contributed by atoms with Gasteiger partial charge in [0.1, 0.15) is 0 Å². The Labute approximate surface area is 176 Å². The first-order chi connectivity index (χ1) is 11.7. The topological polar surface area (TPSA) is 59.9 Å². The highest BCUT2D eigenvalue weighted by Gasteiger charge is 2.31. The normalized spacial score (nSPS) is 24.9. The quantitative estimate of drug-likeness (QED) is 0.333. The zero-order chi connectivity index (χ0) is 16.8. The van der Waals surface area contributed by atoms with Gasteiger partial charge in [-0.05, 0) is 49.5 Å². The lowest BCUT2D eigenvalue weighted by molar-refractivity contribution is 0.0778. The maximum atomic E-state index is 10.5. The molecule has 8 heteroatoms. The van der Waals surface area contributed by atoms with Crippen LogP contribution in [0.5, 0.6) is 0 Å². The lowest BCUT2D eigenvalue weighted by atomic mass is 10.0. The third-order valence-corrected chi connectivity index (χ3v) is 6.78. The van der Waals surface area contributed by atoms with Crippen LogP contribution in [0.15, 0.2) is 22.5 Å². The van der Waals surface area contributed by atoms with Gasteiger partial charge in [0.25, 0.3) is 0 Å². The zero-order valence-corrected chi connectivity index (χ0v) is 18.7. The van der Waals surface area contributed by atoms with Crippen molar-refractivity contribution in [2.75, 3.05) is 42.6 Å². The van der Waals surface area contributed by atoms with Crippen molar-refractivity contribution in [2.24, 2.45) is 4.99 Å². The van der Waals surface area contributed by atoms with Crippen LogP contribution < -0.4 is 15.5 Å². The molecule has 1 aromatic rings. The first-order valence-corrected chi connectivity index (χ1v) is 10.9. The maximum absolute atomic E-state index is 10.5. The van der Waals surface area contributed by atoms with Crippen LogP contribution in [-0.4, -0.2) is 60.4 Å². The van der Waals surface area contributed by atoms with Crippen LogP contribution in [0.4, 0.5) is 5.00 Å². The van der Waals surface area contributed by atoms with Gasteiger partial charge in [-0.1, -0.05) is 0 Å². The number of nitrogens with one attached hydrogen (secondary N) is 2. The molecular formula is C17H29IN4OS2. The van der Waals surface area contributed by atoms with Crippen molar-refractivity contribution in [3.8, 4) is 0 Å². The fourth-order valence-electron chi connectivity index (χ4n) is 3.15. The van der Waals surface area contributed by atoms with Crippen LogP contribution in [0.3, 0.4) is 0 Å². The molecule has 0 radical (unpaired) electrons. The molecule has 3 rings (SSSR count). The predicted molar refractivity (Wildman–Crippen MR) is 121 cm³/mol. The van der Waals surface area contributed by atoms with E-state index in [1.54, 1.807) is 0 Å². The van der Waals surface area contributed by atoms with E-state index in [0.29, 0.717) is 12.6 Å². The second kappa shape index (κ2) is 10.2. The molecule has 1 aromatic heterocycles. The third kappa shape index (κ3) is 6.18. The molecule has 0 bridgehead atoms. The minimum Gasteiger partial charge on any atom is -0.387 e. The van der Waals surface area contributed by atoms with Gasteiger partial charge in [-0.15, -0.1) is 35.3 Å². The number of piperidine rings is 1.